The van der Waals surface area contributed by atoms with Crippen molar-refractivity contribution in [2.45, 2.75) is 386 Å². The molecule has 482 valence electrons. The van der Waals surface area contributed by atoms with Crippen molar-refractivity contribution >= 4 is 17.9 Å². The highest BCUT2D eigenvalue weighted by atomic mass is 16.6. The van der Waals surface area contributed by atoms with E-state index in [-0.39, 0.29) is 31.1 Å². The van der Waals surface area contributed by atoms with Crippen molar-refractivity contribution in [3.63, 3.8) is 0 Å². The summed E-state index contributed by atoms with van der Waals surface area (Å²) in [5.41, 5.74) is 0. The Morgan fingerprint density at radius 3 is 0.735 bits per heavy atom. The highest BCUT2D eigenvalue weighted by molar-refractivity contribution is 5.71. The number of hydrogen-bond acceptors (Lipinski definition) is 6. The van der Waals surface area contributed by atoms with Crippen molar-refractivity contribution in [2.75, 3.05) is 13.2 Å². The highest BCUT2D eigenvalue weighted by Crippen LogP contribution is 2.19. The van der Waals surface area contributed by atoms with Gasteiger partial charge in [-0.15, -0.1) is 0 Å². The van der Waals surface area contributed by atoms with Gasteiger partial charge in [0.25, 0.3) is 0 Å². The Morgan fingerprint density at radius 1 is 0.253 bits per heavy atom. The summed E-state index contributed by atoms with van der Waals surface area (Å²) < 4.78 is 16.9. The molecule has 0 amide bonds. The van der Waals surface area contributed by atoms with Gasteiger partial charge >= 0.3 is 17.9 Å². The smallest absolute Gasteiger partial charge is 0.306 e. The van der Waals surface area contributed by atoms with Crippen LogP contribution in [0, 0.1) is 0 Å². The molecule has 0 aliphatic heterocycles. The van der Waals surface area contributed by atoms with Crippen LogP contribution in [-0.4, -0.2) is 37.2 Å². The second kappa shape index (κ2) is 71.3. The Bertz CT molecular complexity index is 1520. The molecule has 0 spiro atoms. The molecule has 0 radical (unpaired) electrons. The van der Waals surface area contributed by atoms with E-state index >= 15 is 0 Å². The molecule has 1 atom stereocenters. The fourth-order valence-corrected chi connectivity index (χ4v) is 10.8. The lowest BCUT2D eigenvalue weighted by Gasteiger charge is -2.18. The third-order valence-electron chi connectivity index (χ3n) is 16.2. The number of hydrogen-bond donors (Lipinski definition) is 0. The van der Waals surface area contributed by atoms with E-state index in [1.807, 2.05) is 0 Å². The van der Waals surface area contributed by atoms with Crippen LogP contribution in [0.1, 0.15) is 380 Å². The summed E-state index contributed by atoms with van der Waals surface area (Å²) in [6, 6.07) is 0. The molecule has 83 heavy (non-hydrogen) atoms. The second-order valence-corrected chi connectivity index (χ2v) is 24.5. The second-order valence-electron chi connectivity index (χ2n) is 24.5. The molecule has 0 fully saturated rings. The fraction of sp³-hybridized carbons (Fsp3) is 0.805. The Hall–Kier alpha value is -3.15. The maximum atomic E-state index is 12.9. The molecule has 0 saturated heterocycles. The van der Waals surface area contributed by atoms with Crippen molar-refractivity contribution in [3.05, 3.63) is 72.9 Å². The molecule has 0 heterocycles. The Kier molecular flexibility index (Phi) is 68.6. The first-order valence-corrected chi connectivity index (χ1v) is 36.4. The van der Waals surface area contributed by atoms with E-state index in [2.05, 4.69) is 93.7 Å². The molecule has 0 N–H and O–H groups in total. The molecule has 0 saturated carbocycles. The highest BCUT2D eigenvalue weighted by Gasteiger charge is 2.19. The summed E-state index contributed by atoms with van der Waals surface area (Å²) in [6.45, 7) is 6.54. The average Bonchev–Trinajstić information content (AvgIpc) is 3.49. The molecule has 0 aromatic carbocycles. The Labute approximate surface area is 516 Å². The molecule has 6 nitrogen and oxygen atoms in total. The van der Waals surface area contributed by atoms with E-state index in [1.54, 1.807) is 0 Å². The molecule has 0 aliphatic carbocycles. The molecular weight excluding hydrogens is 1020 g/mol. The minimum atomic E-state index is -0.787. The number of unbranched alkanes of at least 4 members (excludes halogenated alkanes) is 44. The molecule has 0 aromatic heterocycles. The number of ether oxygens (including phenoxy) is 3. The quantitative estimate of drug-likeness (QED) is 0.0261. The molecule has 6 heteroatoms. The lowest BCUT2D eigenvalue weighted by molar-refractivity contribution is -0.167. The van der Waals surface area contributed by atoms with Gasteiger partial charge in [0.05, 0.1) is 0 Å². The largest absolute Gasteiger partial charge is 0.462 e. The zero-order chi connectivity index (χ0) is 59.9. The molecular formula is C77H138O6. The number of carbonyl (C=O) groups excluding carboxylic acids is 3. The minimum Gasteiger partial charge on any atom is -0.462 e. The molecule has 0 bridgehead atoms. The predicted octanol–water partition coefficient (Wildman–Crippen LogP) is 25.2. The van der Waals surface area contributed by atoms with Gasteiger partial charge in [-0.1, -0.05) is 363 Å². The van der Waals surface area contributed by atoms with Crippen molar-refractivity contribution in [1.82, 2.24) is 0 Å². The first kappa shape index (κ1) is 79.8. The molecule has 0 aromatic rings. The standard InChI is InChI=1S/C77H138O6/c1-4-7-10-13-16-19-21-23-25-27-29-31-33-34-35-36-37-38-39-40-41-42-44-45-47-49-51-53-55-58-61-64-67-70-76(79)82-73-74(72-81-75(78)69-66-63-60-57-18-15-12-9-6-3)83-77(80)71-68-65-62-59-56-54-52-50-48-46-43-32-30-28-26-24-22-20-17-14-11-8-5-2/h8,11,17,20,24,26,30,32,46,48,52,54,74H,4-7,9-10,12-16,18-19,21-23,25,27-29,31,33-45,47,49-51,53,55-73H2,1-3H3/b11-8-,20-17-,26-24-,32-30-,48-46-,54-52-. The van der Waals surface area contributed by atoms with Crippen LogP contribution in [0.2, 0.25) is 0 Å². The molecule has 0 rings (SSSR count). The van der Waals surface area contributed by atoms with E-state index in [0.717, 1.165) is 109 Å². The van der Waals surface area contributed by atoms with Gasteiger partial charge in [0.15, 0.2) is 6.10 Å². The van der Waals surface area contributed by atoms with Crippen LogP contribution in [0.25, 0.3) is 0 Å². The maximum Gasteiger partial charge on any atom is 0.306 e. The summed E-state index contributed by atoms with van der Waals surface area (Å²) in [5.74, 6) is -0.891. The van der Waals surface area contributed by atoms with Crippen LogP contribution in [0.5, 0.6) is 0 Å². The van der Waals surface area contributed by atoms with Gasteiger partial charge in [-0.25, -0.2) is 0 Å². The number of allylic oxidation sites excluding steroid dienone is 12. The van der Waals surface area contributed by atoms with Crippen LogP contribution in [0.15, 0.2) is 72.9 Å². The van der Waals surface area contributed by atoms with E-state index in [4.69, 9.17) is 14.2 Å². The third-order valence-corrected chi connectivity index (χ3v) is 16.2. The van der Waals surface area contributed by atoms with Gasteiger partial charge in [-0.3, -0.25) is 14.4 Å². The zero-order valence-electron chi connectivity index (χ0n) is 55.5. The Morgan fingerprint density at radius 2 is 0.470 bits per heavy atom. The Balaban J connectivity index is 4.09. The van der Waals surface area contributed by atoms with Crippen molar-refractivity contribution in [2.24, 2.45) is 0 Å². The monoisotopic (exact) mass is 1160 g/mol. The molecule has 1 unspecified atom stereocenters. The number of rotatable bonds is 67. The third kappa shape index (κ3) is 69.5. The van der Waals surface area contributed by atoms with Gasteiger partial charge < -0.3 is 14.2 Å². The van der Waals surface area contributed by atoms with Gasteiger partial charge in [0, 0.05) is 19.3 Å². The van der Waals surface area contributed by atoms with Crippen LogP contribution in [0.4, 0.5) is 0 Å². The van der Waals surface area contributed by atoms with E-state index in [0.29, 0.717) is 19.3 Å². The van der Waals surface area contributed by atoms with Crippen molar-refractivity contribution in [3.8, 4) is 0 Å². The average molecular weight is 1160 g/mol. The maximum absolute atomic E-state index is 12.9. The number of esters is 3. The van der Waals surface area contributed by atoms with Crippen molar-refractivity contribution < 1.29 is 28.6 Å². The number of carbonyl (C=O) groups is 3. The van der Waals surface area contributed by atoms with E-state index < -0.39 is 6.10 Å². The van der Waals surface area contributed by atoms with Crippen LogP contribution < -0.4 is 0 Å². The van der Waals surface area contributed by atoms with Gasteiger partial charge in [0.1, 0.15) is 13.2 Å². The normalized spacial score (nSPS) is 12.5. The van der Waals surface area contributed by atoms with E-state index in [9.17, 15) is 14.4 Å². The van der Waals surface area contributed by atoms with Gasteiger partial charge in [-0.05, 0) is 70.6 Å². The van der Waals surface area contributed by atoms with Gasteiger partial charge in [-0.2, -0.15) is 0 Å². The summed E-state index contributed by atoms with van der Waals surface area (Å²) in [7, 11) is 0. The minimum absolute atomic E-state index is 0.0819. The SMILES string of the molecule is CC/C=C\C/C=C\C/C=C\C/C=C\C/C=C\C/C=C\CCCCCCC(=O)OC(COC(=O)CCCCCCCCCCC)COC(=O)CCCCCCCCCCCCCCCCCCCCCCCCCCCCCCCCCCC. The molecule has 0 aliphatic rings. The van der Waals surface area contributed by atoms with Crippen molar-refractivity contribution in [1.29, 1.82) is 0 Å². The van der Waals surface area contributed by atoms with Crippen LogP contribution in [0.3, 0.4) is 0 Å². The first-order chi connectivity index (χ1) is 41.0. The summed E-state index contributed by atoms with van der Waals surface area (Å²) in [6.07, 6.45) is 94.0. The van der Waals surface area contributed by atoms with Crippen LogP contribution in [-0.2, 0) is 28.6 Å². The lowest BCUT2D eigenvalue weighted by atomic mass is 10.0. The first-order valence-electron chi connectivity index (χ1n) is 36.4. The lowest BCUT2D eigenvalue weighted by Crippen LogP contribution is -2.30. The summed E-state index contributed by atoms with van der Waals surface area (Å²) in [4.78, 5) is 38.3. The fourth-order valence-electron chi connectivity index (χ4n) is 10.8. The van der Waals surface area contributed by atoms with E-state index in [1.165, 1.54) is 231 Å². The zero-order valence-corrected chi connectivity index (χ0v) is 55.5. The van der Waals surface area contributed by atoms with Gasteiger partial charge in [0.2, 0.25) is 0 Å². The van der Waals surface area contributed by atoms with Crippen LogP contribution >= 0.6 is 0 Å². The summed E-state index contributed by atoms with van der Waals surface area (Å²) in [5, 5.41) is 0. The predicted molar refractivity (Wildman–Crippen MR) is 362 cm³/mol. The topological polar surface area (TPSA) is 78.9 Å². The summed E-state index contributed by atoms with van der Waals surface area (Å²) >= 11 is 0.